The maximum absolute atomic E-state index is 13.6. The highest BCUT2D eigenvalue weighted by Crippen LogP contribution is 2.62. The zero-order valence-corrected chi connectivity index (χ0v) is 7.63. The van der Waals surface area contributed by atoms with E-state index in [1.807, 2.05) is 0 Å². The summed E-state index contributed by atoms with van der Waals surface area (Å²) in [5.41, 5.74) is -0.298. The van der Waals surface area contributed by atoms with Crippen LogP contribution in [0.3, 0.4) is 0 Å². The Labute approximate surface area is 83.3 Å². The Morgan fingerprint density at radius 2 is 2.27 bits per heavy atom. The van der Waals surface area contributed by atoms with E-state index in [-0.39, 0.29) is 22.9 Å². The normalized spacial score (nSPS) is 30.5. The fourth-order valence-corrected chi connectivity index (χ4v) is 2.59. The summed E-state index contributed by atoms with van der Waals surface area (Å²) in [4.78, 5) is 10.8. The van der Waals surface area contributed by atoms with Crippen LogP contribution >= 0.6 is 0 Å². The minimum atomic E-state index is -2.93. The SMILES string of the molecule is O=C(O)c1n[nH]c2c1C1CCC1C2(F)F. The Morgan fingerprint density at radius 1 is 1.53 bits per heavy atom. The molecule has 2 N–H and O–H groups in total. The van der Waals surface area contributed by atoms with Gasteiger partial charge in [0, 0.05) is 11.5 Å². The highest BCUT2D eigenvalue weighted by Gasteiger charge is 2.61. The summed E-state index contributed by atoms with van der Waals surface area (Å²) < 4.78 is 27.3. The summed E-state index contributed by atoms with van der Waals surface area (Å²) in [6.45, 7) is 0. The van der Waals surface area contributed by atoms with Crippen molar-refractivity contribution in [2.24, 2.45) is 5.92 Å². The molecule has 0 radical (unpaired) electrons. The molecule has 1 aromatic heterocycles. The van der Waals surface area contributed by atoms with Crippen molar-refractivity contribution >= 4 is 5.97 Å². The molecule has 0 aromatic carbocycles. The molecule has 1 saturated carbocycles. The molecule has 2 aliphatic rings. The predicted molar refractivity (Wildman–Crippen MR) is 44.9 cm³/mol. The number of halogens is 2. The highest BCUT2D eigenvalue weighted by atomic mass is 19.3. The van der Waals surface area contributed by atoms with E-state index in [1.165, 1.54) is 0 Å². The molecule has 1 heterocycles. The smallest absolute Gasteiger partial charge is 0.356 e. The molecule has 4 nitrogen and oxygen atoms in total. The lowest BCUT2D eigenvalue weighted by atomic mass is 9.73. The zero-order valence-electron chi connectivity index (χ0n) is 7.63. The number of fused-ring (bicyclic) bond motifs is 3. The van der Waals surface area contributed by atoms with Crippen LogP contribution in [0.2, 0.25) is 0 Å². The van der Waals surface area contributed by atoms with Gasteiger partial charge in [0.1, 0.15) is 5.69 Å². The van der Waals surface area contributed by atoms with Gasteiger partial charge in [-0.15, -0.1) is 0 Å². The Kier molecular flexibility index (Phi) is 1.39. The first-order valence-electron chi connectivity index (χ1n) is 4.73. The number of aromatic amines is 1. The summed E-state index contributed by atoms with van der Waals surface area (Å²) in [5, 5.41) is 14.4. The Bertz CT molecular complexity index is 455. The summed E-state index contributed by atoms with van der Waals surface area (Å²) in [5.74, 6) is -5.21. The second kappa shape index (κ2) is 2.37. The third-order valence-corrected chi connectivity index (χ3v) is 3.45. The first-order valence-corrected chi connectivity index (χ1v) is 4.73. The minimum absolute atomic E-state index is 0.226. The van der Waals surface area contributed by atoms with Crippen LogP contribution < -0.4 is 0 Å². The number of hydrogen-bond donors (Lipinski definition) is 2. The topological polar surface area (TPSA) is 66.0 Å². The van der Waals surface area contributed by atoms with Gasteiger partial charge in [-0.05, 0) is 18.8 Å². The molecule has 15 heavy (non-hydrogen) atoms. The molecule has 1 fully saturated rings. The number of nitrogens with zero attached hydrogens (tertiary/aromatic N) is 1. The number of aromatic nitrogens is 2. The lowest BCUT2D eigenvalue weighted by molar-refractivity contribution is -0.0906. The van der Waals surface area contributed by atoms with E-state index in [2.05, 4.69) is 10.2 Å². The molecular formula is C9H8F2N2O2. The van der Waals surface area contributed by atoms with Crippen LogP contribution in [0.25, 0.3) is 0 Å². The number of carboxylic acid groups (broad SMARTS) is 1. The van der Waals surface area contributed by atoms with Gasteiger partial charge >= 0.3 is 5.97 Å². The fourth-order valence-electron chi connectivity index (χ4n) is 2.59. The molecular weight excluding hydrogens is 206 g/mol. The van der Waals surface area contributed by atoms with Crippen molar-refractivity contribution in [1.29, 1.82) is 0 Å². The van der Waals surface area contributed by atoms with E-state index in [0.29, 0.717) is 12.8 Å². The van der Waals surface area contributed by atoms with Gasteiger partial charge in [-0.2, -0.15) is 13.9 Å². The quantitative estimate of drug-likeness (QED) is 0.747. The zero-order chi connectivity index (χ0) is 10.8. The van der Waals surface area contributed by atoms with Gasteiger partial charge in [0.05, 0.1) is 0 Å². The van der Waals surface area contributed by atoms with Crippen molar-refractivity contribution in [2.45, 2.75) is 24.7 Å². The largest absolute Gasteiger partial charge is 0.476 e. The Balaban J connectivity index is 2.20. The molecule has 1 aromatic rings. The van der Waals surface area contributed by atoms with Crippen molar-refractivity contribution in [3.63, 3.8) is 0 Å². The predicted octanol–water partition coefficient (Wildman–Crippen LogP) is 1.71. The van der Waals surface area contributed by atoms with Gasteiger partial charge in [-0.1, -0.05) is 0 Å². The number of carboxylic acids is 1. The first-order chi connectivity index (χ1) is 7.03. The van der Waals surface area contributed by atoms with Crippen LogP contribution in [-0.2, 0) is 5.92 Å². The van der Waals surface area contributed by atoms with Gasteiger partial charge < -0.3 is 5.11 Å². The van der Waals surface area contributed by atoms with Crippen molar-refractivity contribution in [3.8, 4) is 0 Å². The molecule has 0 amide bonds. The maximum atomic E-state index is 13.6. The summed E-state index contributed by atoms with van der Waals surface area (Å²) in [7, 11) is 0. The molecule has 0 bridgehead atoms. The average Bonchev–Trinajstić information content (AvgIpc) is 2.50. The number of rotatable bonds is 1. The summed E-state index contributed by atoms with van der Waals surface area (Å²) in [6, 6.07) is 0. The molecule has 2 unspecified atom stereocenters. The molecule has 0 aliphatic heterocycles. The minimum Gasteiger partial charge on any atom is -0.476 e. The standard InChI is InChI=1S/C9H8F2N2O2/c10-9(11)4-2-1-3(4)5-6(8(14)15)12-13-7(5)9/h3-4H,1-2H2,(H,12,13)(H,14,15). The average molecular weight is 214 g/mol. The Morgan fingerprint density at radius 3 is 2.80 bits per heavy atom. The van der Waals surface area contributed by atoms with E-state index >= 15 is 0 Å². The molecule has 6 heteroatoms. The van der Waals surface area contributed by atoms with E-state index in [1.54, 1.807) is 0 Å². The van der Waals surface area contributed by atoms with E-state index in [0.717, 1.165) is 0 Å². The van der Waals surface area contributed by atoms with Gasteiger partial charge in [0.25, 0.3) is 5.92 Å². The van der Waals surface area contributed by atoms with Crippen LogP contribution in [-0.4, -0.2) is 21.3 Å². The molecule has 3 rings (SSSR count). The number of alkyl halides is 2. The van der Waals surface area contributed by atoms with Gasteiger partial charge in [-0.25, -0.2) is 4.79 Å². The van der Waals surface area contributed by atoms with Gasteiger partial charge in [0.2, 0.25) is 0 Å². The van der Waals surface area contributed by atoms with Gasteiger partial charge in [0.15, 0.2) is 5.69 Å². The van der Waals surface area contributed by atoms with Crippen LogP contribution in [0, 0.1) is 5.92 Å². The number of nitrogens with one attached hydrogen (secondary N) is 1. The summed E-state index contributed by atoms with van der Waals surface area (Å²) in [6.07, 6.45) is 1.09. The van der Waals surface area contributed by atoms with Crippen LogP contribution in [0.5, 0.6) is 0 Å². The number of aromatic carboxylic acids is 1. The van der Waals surface area contributed by atoms with Crippen LogP contribution in [0.15, 0.2) is 0 Å². The molecule has 2 atom stereocenters. The molecule has 80 valence electrons. The number of carbonyl (C=O) groups is 1. The summed E-state index contributed by atoms with van der Waals surface area (Å²) >= 11 is 0. The van der Waals surface area contributed by atoms with Gasteiger partial charge in [-0.3, -0.25) is 5.10 Å². The lowest BCUT2D eigenvalue weighted by Gasteiger charge is -2.33. The van der Waals surface area contributed by atoms with Crippen LogP contribution in [0.1, 0.15) is 40.5 Å². The fraction of sp³-hybridized carbons (Fsp3) is 0.556. The second-order valence-electron chi connectivity index (χ2n) is 4.08. The molecule has 0 saturated heterocycles. The van der Waals surface area contributed by atoms with Crippen molar-refractivity contribution in [2.75, 3.05) is 0 Å². The van der Waals surface area contributed by atoms with Crippen LogP contribution in [0.4, 0.5) is 8.78 Å². The molecule has 2 aliphatic carbocycles. The Hall–Kier alpha value is -1.46. The molecule has 0 spiro atoms. The monoisotopic (exact) mass is 214 g/mol. The van der Waals surface area contributed by atoms with E-state index in [9.17, 15) is 13.6 Å². The number of H-pyrrole nitrogens is 1. The van der Waals surface area contributed by atoms with Crippen molar-refractivity contribution in [3.05, 3.63) is 17.0 Å². The maximum Gasteiger partial charge on any atom is 0.356 e. The van der Waals surface area contributed by atoms with E-state index < -0.39 is 17.8 Å². The van der Waals surface area contributed by atoms with Crippen molar-refractivity contribution in [1.82, 2.24) is 10.2 Å². The van der Waals surface area contributed by atoms with Crippen molar-refractivity contribution < 1.29 is 18.7 Å². The third-order valence-electron chi connectivity index (χ3n) is 3.45. The first kappa shape index (κ1) is 8.82. The second-order valence-corrected chi connectivity index (χ2v) is 4.08. The highest BCUT2D eigenvalue weighted by molar-refractivity contribution is 5.88. The van der Waals surface area contributed by atoms with E-state index in [4.69, 9.17) is 5.11 Å². The lowest BCUT2D eigenvalue weighted by Crippen LogP contribution is -2.31. The third kappa shape index (κ3) is 0.848. The number of hydrogen-bond acceptors (Lipinski definition) is 2.